The summed E-state index contributed by atoms with van der Waals surface area (Å²) in [5.74, 6) is 0. The molecule has 0 aliphatic heterocycles. The Morgan fingerprint density at radius 3 is 3.18 bits per heavy atom. The third kappa shape index (κ3) is 0.994. The highest BCUT2D eigenvalue weighted by molar-refractivity contribution is 6.35. The summed E-state index contributed by atoms with van der Waals surface area (Å²) in [6.07, 6.45) is 3.24. The van der Waals surface area contributed by atoms with Crippen LogP contribution in [0.5, 0.6) is 0 Å². The molecule has 0 saturated carbocycles. The minimum absolute atomic E-state index is 0.618. The lowest BCUT2D eigenvalue weighted by Crippen LogP contribution is -1.76. The average Bonchev–Trinajstić information content (AvgIpc) is 2.32. The van der Waals surface area contributed by atoms with Crippen molar-refractivity contribution in [2.24, 2.45) is 0 Å². The lowest BCUT2D eigenvalue weighted by Gasteiger charge is -1.89. The summed E-state index contributed by atoms with van der Waals surface area (Å²) in [7, 11) is 0. The van der Waals surface area contributed by atoms with Crippen LogP contribution in [0.1, 0.15) is 5.69 Å². The summed E-state index contributed by atoms with van der Waals surface area (Å²) < 4.78 is 5.16. The molecule has 2 aromatic heterocycles. The molecule has 0 aliphatic rings. The van der Waals surface area contributed by atoms with Crippen LogP contribution in [0, 0.1) is 6.92 Å². The van der Waals surface area contributed by atoms with Gasteiger partial charge in [0.25, 0.3) is 0 Å². The molecule has 2 nitrogen and oxygen atoms in total. The fourth-order valence-corrected chi connectivity index (χ4v) is 1.18. The minimum Gasteiger partial charge on any atom is -0.463 e. The van der Waals surface area contributed by atoms with Crippen LogP contribution in [0.2, 0.25) is 5.02 Å². The van der Waals surface area contributed by atoms with Crippen LogP contribution in [0.15, 0.2) is 22.9 Å². The van der Waals surface area contributed by atoms with Crippen molar-refractivity contribution in [3.63, 3.8) is 0 Å². The van der Waals surface area contributed by atoms with Crippen LogP contribution in [0.3, 0.4) is 0 Å². The van der Waals surface area contributed by atoms with Crippen LogP contribution >= 0.6 is 11.6 Å². The minimum atomic E-state index is 0.618. The highest BCUT2D eigenvalue weighted by Crippen LogP contribution is 2.24. The maximum Gasteiger partial charge on any atom is 0.138 e. The number of hydrogen-bond donors (Lipinski definition) is 0. The van der Waals surface area contributed by atoms with Gasteiger partial charge in [0.2, 0.25) is 0 Å². The van der Waals surface area contributed by atoms with Crippen molar-refractivity contribution in [2.45, 2.75) is 6.92 Å². The first-order valence-corrected chi connectivity index (χ1v) is 3.64. The first-order valence-electron chi connectivity index (χ1n) is 3.27. The third-order valence-electron chi connectivity index (χ3n) is 1.55. The molecule has 0 spiro atoms. The van der Waals surface area contributed by atoms with Crippen molar-refractivity contribution in [1.29, 1.82) is 0 Å². The molecule has 0 aliphatic carbocycles. The monoisotopic (exact) mass is 167 g/mol. The number of hydrogen-bond acceptors (Lipinski definition) is 2. The molecule has 11 heavy (non-hydrogen) atoms. The number of rotatable bonds is 0. The Kier molecular flexibility index (Phi) is 1.36. The van der Waals surface area contributed by atoms with Gasteiger partial charge in [0, 0.05) is 18.0 Å². The van der Waals surface area contributed by atoms with Gasteiger partial charge in [-0.1, -0.05) is 11.6 Å². The molecule has 0 amide bonds. The van der Waals surface area contributed by atoms with Gasteiger partial charge in [0.15, 0.2) is 0 Å². The molecule has 0 bridgehead atoms. The fourth-order valence-electron chi connectivity index (χ4n) is 0.990. The van der Waals surface area contributed by atoms with E-state index in [0.29, 0.717) is 5.02 Å². The summed E-state index contributed by atoms with van der Waals surface area (Å²) in [5.41, 5.74) is 1.73. The first kappa shape index (κ1) is 6.68. The summed E-state index contributed by atoms with van der Waals surface area (Å²) in [6, 6.07) is 1.86. The molecular formula is C8H6ClNO. The molecule has 2 aromatic rings. The molecule has 0 N–H and O–H groups in total. The van der Waals surface area contributed by atoms with E-state index in [1.807, 2.05) is 13.0 Å². The predicted octanol–water partition coefficient (Wildman–Crippen LogP) is 2.79. The van der Waals surface area contributed by atoms with Gasteiger partial charge < -0.3 is 4.42 Å². The quantitative estimate of drug-likeness (QED) is 0.603. The van der Waals surface area contributed by atoms with Gasteiger partial charge >= 0.3 is 0 Å². The summed E-state index contributed by atoms with van der Waals surface area (Å²) in [5, 5.41) is 1.49. The van der Waals surface area contributed by atoms with E-state index >= 15 is 0 Å². The number of halogens is 1. The molecule has 0 aromatic carbocycles. The number of furan rings is 1. The van der Waals surface area contributed by atoms with E-state index in [1.54, 1.807) is 6.20 Å². The number of nitrogens with zero attached hydrogens (tertiary/aromatic N) is 1. The number of aryl methyl sites for hydroxylation is 1. The van der Waals surface area contributed by atoms with Crippen molar-refractivity contribution >= 4 is 22.6 Å². The maximum absolute atomic E-state index is 5.79. The smallest absolute Gasteiger partial charge is 0.138 e. The van der Waals surface area contributed by atoms with Crippen molar-refractivity contribution in [3.05, 3.63) is 29.2 Å². The summed E-state index contributed by atoms with van der Waals surface area (Å²) in [6.45, 7) is 1.91. The van der Waals surface area contributed by atoms with Crippen molar-refractivity contribution in [2.75, 3.05) is 0 Å². The lowest BCUT2D eigenvalue weighted by atomic mass is 10.3. The van der Waals surface area contributed by atoms with E-state index in [9.17, 15) is 0 Å². The highest BCUT2D eigenvalue weighted by Gasteiger charge is 2.02. The van der Waals surface area contributed by atoms with Gasteiger partial charge in [-0.05, 0) is 6.92 Å². The third-order valence-corrected chi connectivity index (χ3v) is 1.84. The molecule has 2 heterocycles. The van der Waals surface area contributed by atoms with Crippen LogP contribution in [0.25, 0.3) is 11.0 Å². The van der Waals surface area contributed by atoms with Crippen molar-refractivity contribution < 1.29 is 4.42 Å². The molecule has 56 valence electrons. The van der Waals surface area contributed by atoms with E-state index in [-0.39, 0.29) is 0 Å². The second-order valence-corrected chi connectivity index (χ2v) is 2.81. The Hall–Kier alpha value is -1.02. The Labute approximate surface area is 68.8 Å². The molecule has 0 atom stereocenters. The zero-order valence-electron chi connectivity index (χ0n) is 5.97. The zero-order chi connectivity index (χ0) is 7.84. The van der Waals surface area contributed by atoms with Crippen molar-refractivity contribution in [1.82, 2.24) is 4.98 Å². The average molecular weight is 168 g/mol. The van der Waals surface area contributed by atoms with Gasteiger partial charge in [-0.15, -0.1) is 0 Å². The van der Waals surface area contributed by atoms with Crippen LogP contribution in [0.4, 0.5) is 0 Å². The van der Waals surface area contributed by atoms with Gasteiger partial charge in [0.1, 0.15) is 11.8 Å². The predicted molar refractivity (Wildman–Crippen MR) is 43.8 cm³/mol. The largest absolute Gasteiger partial charge is 0.463 e. The Bertz CT molecular complexity index is 394. The second kappa shape index (κ2) is 2.24. The Balaban J connectivity index is 2.86. The molecule has 2 rings (SSSR count). The van der Waals surface area contributed by atoms with E-state index < -0.39 is 0 Å². The van der Waals surface area contributed by atoms with E-state index in [1.165, 1.54) is 6.26 Å². The summed E-state index contributed by atoms with van der Waals surface area (Å²) in [4.78, 5) is 4.10. The number of aromatic nitrogens is 1. The highest BCUT2D eigenvalue weighted by atomic mass is 35.5. The van der Waals surface area contributed by atoms with Crippen LogP contribution < -0.4 is 0 Å². The van der Waals surface area contributed by atoms with E-state index in [0.717, 1.165) is 16.7 Å². The Morgan fingerprint density at radius 2 is 2.36 bits per heavy atom. The standard InChI is InChI=1S/C8H6ClNO/c1-5-2-8-6(3-10-5)7(9)4-11-8/h2-4H,1H3. The van der Waals surface area contributed by atoms with Gasteiger partial charge in [-0.3, -0.25) is 4.98 Å². The molecule has 0 fully saturated rings. The zero-order valence-corrected chi connectivity index (χ0v) is 6.72. The van der Waals surface area contributed by atoms with Gasteiger partial charge in [-0.2, -0.15) is 0 Å². The van der Waals surface area contributed by atoms with E-state index in [4.69, 9.17) is 16.0 Å². The van der Waals surface area contributed by atoms with Gasteiger partial charge in [0.05, 0.1) is 10.4 Å². The molecule has 0 saturated heterocycles. The molecule has 0 radical (unpaired) electrons. The SMILES string of the molecule is Cc1cc2occ(Cl)c2cn1. The normalized spacial score (nSPS) is 10.7. The summed E-state index contributed by atoms with van der Waals surface area (Å²) >= 11 is 5.79. The lowest BCUT2D eigenvalue weighted by molar-refractivity contribution is 0.615. The molecule has 0 unspecified atom stereocenters. The number of fused-ring (bicyclic) bond motifs is 1. The second-order valence-electron chi connectivity index (χ2n) is 2.41. The van der Waals surface area contributed by atoms with Crippen LogP contribution in [-0.4, -0.2) is 4.98 Å². The first-order chi connectivity index (χ1) is 5.27. The Morgan fingerprint density at radius 1 is 1.55 bits per heavy atom. The number of pyridine rings is 1. The molecular weight excluding hydrogens is 162 g/mol. The van der Waals surface area contributed by atoms with Gasteiger partial charge in [-0.25, -0.2) is 0 Å². The fraction of sp³-hybridized carbons (Fsp3) is 0.125. The topological polar surface area (TPSA) is 26.0 Å². The van der Waals surface area contributed by atoms with E-state index in [2.05, 4.69) is 4.98 Å². The van der Waals surface area contributed by atoms with Crippen LogP contribution in [-0.2, 0) is 0 Å². The van der Waals surface area contributed by atoms with Crippen molar-refractivity contribution in [3.8, 4) is 0 Å². The molecule has 3 heteroatoms. The maximum atomic E-state index is 5.79.